The topological polar surface area (TPSA) is 18.5 Å². The van der Waals surface area contributed by atoms with Crippen LogP contribution in [0.2, 0.25) is 6.04 Å². The Morgan fingerprint density at radius 1 is 0.789 bits per heavy atom. The average molecular weight is 288 g/mol. The molecule has 1 aliphatic heterocycles. The Morgan fingerprint density at radius 3 is 1.74 bits per heavy atom. The molecule has 1 saturated heterocycles. The molecule has 0 bridgehead atoms. The fourth-order valence-electron chi connectivity index (χ4n) is 2.11. The van der Waals surface area contributed by atoms with Crippen LogP contribution in [0.3, 0.4) is 0 Å². The number of hydrogen-bond donors (Lipinski definition) is 0. The first-order chi connectivity index (χ1) is 9.36. The average Bonchev–Trinajstić information content (AvgIpc) is 2.89. The molecule has 0 aliphatic carbocycles. The minimum absolute atomic E-state index is 0.916. The van der Waals surface area contributed by atoms with Gasteiger partial charge >= 0.3 is 7.71 Å². The Kier molecular flexibility index (Phi) is 3.80. The highest BCUT2D eigenvalue weighted by Gasteiger charge is 2.47. The molecule has 0 amide bonds. The van der Waals surface area contributed by atoms with Gasteiger partial charge in [0.05, 0.1) is 0 Å². The van der Waals surface area contributed by atoms with Crippen LogP contribution in [-0.2, 0) is 0 Å². The normalized spacial score (nSPS) is 17.1. The van der Waals surface area contributed by atoms with Gasteiger partial charge in [0, 0.05) is 6.04 Å². The molecule has 0 N–H and O–H groups in total. The van der Waals surface area contributed by atoms with Crippen LogP contribution in [0.15, 0.2) is 60.7 Å². The van der Waals surface area contributed by atoms with Gasteiger partial charge < -0.3 is 8.85 Å². The number of hydrogen-bond acceptors (Lipinski definition) is 3. The molecule has 0 radical (unpaired) electrons. The van der Waals surface area contributed by atoms with Crippen molar-refractivity contribution in [3.05, 3.63) is 60.7 Å². The maximum absolute atomic E-state index is 6.25. The molecule has 1 fully saturated rings. The van der Waals surface area contributed by atoms with E-state index in [-0.39, 0.29) is 0 Å². The monoisotopic (exact) mass is 288 g/mol. The van der Waals surface area contributed by atoms with Crippen molar-refractivity contribution >= 4 is 18.9 Å². The van der Waals surface area contributed by atoms with Gasteiger partial charge in [-0.25, -0.2) is 0 Å². The molecule has 2 nitrogen and oxygen atoms in total. The third kappa shape index (κ3) is 3.14. The highest BCUT2D eigenvalue weighted by molar-refractivity contribution is 8.27. The predicted molar refractivity (Wildman–Crippen MR) is 81.8 cm³/mol. The van der Waals surface area contributed by atoms with Crippen molar-refractivity contribution in [1.82, 2.24) is 0 Å². The lowest BCUT2D eigenvalue weighted by molar-refractivity contribution is 0.412. The van der Waals surface area contributed by atoms with E-state index in [1.165, 1.54) is 6.42 Å². The minimum atomic E-state index is -2.20. The number of benzene rings is 2. The fraction of sp³-hybridized carbons (Fsp3) is 0.200. The van der Waals surface area contributed by atoms with E-state index in [4.69, 9.17) is 8.85 Å². The minimum Gasteiger partial charge on any atom is -0.505 e. The van der Waals surface area contributed by atoms with E-state index in [2.05, 4.69) is 0 Å². The van der Waals surface area contributed by atoms with E-state index in [9.17, 15) is 0 Å². The van der Waals surface area contributed by atoms with Crippen LogP contribution in [0.25, 0.3) is 0 Å². The molecule has 1 aliphatic rings. The van der Waals surface area contributed by atoms with Crippen molar-refractivity contribution in [2.24, 2.45) is 0 Å². The largest absolute Gasteiger partial charge is 0.530 e. The van der Waals surface area contributed by atoms with E-state index < -0.39 is 7.71 Å². The molecule has 0 aromatic heterocycles. The zero-order chi connectivity index (χ0) is 13.0. The van der Waals surface area contributed by atoms with Crippen LogP contribution in [-0.4, -0.2) is 13.5 Å². The molecule has 0 unspecified atom stereocenters. The Hall–Kier alpha value is -1.39. The summed E-state index contributed by atoms with van der Waals surface area (Å²) in [5.74, 6) is 2.96. The molecular formula is C15H16O2SSi. The molecule has 1 heterocycles. The third-order valence-corrected chi connectivity index (χ3v) is 9.02. The maximum atomic E-state index is 6.25. The smallest absolute Gasteiger partial charge is 0.505 e. The summed E-state index contributed by atoms with van der Waals surface area (Å²) in [6.07, 6.45) is 1.18. The number of para-hydroxylation sites is 2. The SMILES string of the molecule is c1ccc(O[Si]2(Oc3ccccc3)CCCS2)cc1. The van der Waals surface area contributed by atoms with Gasteiger partial charge in [-0.05, 0) is 36.4 Å². The van der Waals surface area contributed by atoms with Gasteiger partial charge in [-0.1, -0.05) is 36.4 Å². The van der Waals surface area contributed by atoms with Crippen molar-refractivity contribution in [1.29, 1.82) is 0 Å². The molecule has 98 valence electrons. The second-order valence-corrected chi connectivity index (χ2v) is 10.2. The summed E-state index contributed by atoms with van der Waals surface area (Å²) in [6.45, 7) is 0. The highest BCUT2D eigenvalue weighted by Crippen LogP contribution is 2.38. The molecule has 4 heteroatoms. The van der Waals surface area contributed by atoms with E-state index in [0.29, 0.717) is 0 Å². The van der Waals surface area contributed by atoms with Crippen molar-refractivity contribution < 1.29 is 8.85 Å². The summed E-state index contributed by atoms with van der Waals surface area (Å²) in [5.41, 5.74) is 0. The van der Waals surface area contributed by atoms with Gasteiger partial charge in [0.2, 0.25) is 0 Å². The zero-order valence-corrected chi connectivity index (χ0v) is 12.4. The molecule has 3 rings (SSSR count). The van der Waals surface area contributed by atoms with Gasteiger partial charge in [-0.3, -0.25) is 0 Å². The summed E-state index contributed by atoms with van der Waals surface area (Å²) in [7, 11) is -2.20. The summed E-state index contributed by atoms with van der Waals surface area (Å²) >= 11 is 1.87. The van der Waals surface area contributed by atoms with Crippen molar-refractivity contribution in [2.75, 3.05) is 5.75 Å². The van der Waals surface area contributed by atoms with Crippen LogP contribution in [0.4, 0.5) is 0 Å². The Labute approximate surface area is 118 Å². The Morgan fingerprint density at radius 2 is 1.32 bits per heavy atom. The summed E-state index contributed by atoms with van der Waals surface area (Å²) < 4.78 is 12.5. The molecule has 2 aromatic carbocycles. The predicted octanol–water partition coefficient (Wildman–Crippen LogP) is 4.22. The lowest BCUT2D eigenvalue weighted by atomic mass is 10.3. The maximum Gasteiger partial charge on any atom is 0.530 e. The van der Waals surface area contributed by atoms with Crippen LogP contribution < -0.4 is 8.85 Å². The molecule has 19 heavy (non-hydrogen) atoms. The van der Waals surface area contributed by atoms with E-state index in [0.717, 1.165) is 23.3 Å². The van der Waals surface area contributed by atoms with E-state index in [1.807, 2.05) is 71.9 Å². The van der Waals surface area contributed by atoms with Crippen LogP contribution in [0.5, 0.6) is 11.5 Å². The van der Waals surface area contributed by atoms with Gasteiger partial charge in [-0.15, -0.1) is 11.2 Å². The first-order valence-corrected chi connectivity index (χ1v) is 10.2. The van der Waals surface area contributed by atoms with Crippen molar-refractivity contribution in [3.63, 3.8) is 0 Å². The summed E-state index contributed by atoms with van der Waals surface area (Å²) in [5, 5.41) is 0. The third-order valence-electron chi connectivity index (χ3n) is 2.98. The van der Waals surface area contributed by atoms with E-state index in [1.54, 1.807) is 0 Å². The second kappa shape index (κ2) is 5.71. The van der Waals surface area contributed by atoms with Crippen molar-refractivity contribution in [3.8, 4) is 11.5 Å². The lowest BCUT2D eigenvalue weighted by Gasteiger charge is -2.26. The standard InChI is InChI=1S/C15H16O2SSi/c1-3-8-14(9-4-1)16-19(13-7-12-18-19)17-15-10-5-2-6-11-15/h1-6,8-11H,7,12-13H2. The molecule has 0 saturated carbocycles. The quantitative estimate of drug-likeness (QED) is 0.785. The Balaban J connectivity index is 1.79. The van der Waals surface area contributed by atoms with E-state index >= 15 is 0 Å². The lowest BCUT2D eigenvalue weighted by Crippen LogP contribution is -2.43. The molecule has 0 spiro atoms. The fourth-order valence-corrected chi connectivity index (χ4v) is 8.23. The van der Waals surface area contributed by atoms with Gasteiger partial charge in [-0.2, -0.15) is 0 Å². The van der Waals surface area contributed by atoms with Crippen molar-refractivity contribution in [2.45, 2.75) is 12.5 Å². The molecule has 0 atom stereocenters. The second-order valence-electron chi connectivity index (χ2n) is 4.47. The van der Waals surface area contributed by atoms with Gasteiger partial charge in [0.1, 0.15) is 11.5 Å². The highest BCUT2D eigenvalue weighted by atomic mass is 32.4. The molecular weight excluding hydrogens is 272 g/mol. The first kappa shape index (κ1) is 12.6. The molecule has 2 aromatic rings. The number of rotatable bonds is 4. The van der Waals surface area contributed by atoms with Crippen LogP contribution in [0.1, 0.15) is 6.42 Å². The first-order valence-electron chi connectivity index (χ1n) is 6.48. The summed E-state index contributed by atoms with van der Waals surface area (Å²) in [6, 6.07) is 21.1. The van der Waals surface area contributed by atoms with Crippen LogP contribution >= 0.6 is 11.2 Å². The Bertz CT molecular complexity index is 469. The van der Waals surface area contributed by atoms with Gasteiger partial charge in [0.25, 0.3) is 0 Å². The summed E-state index contributed by atoms with van der Waals surface area (Å²) in [4.78, 5) is 0. The van der Waals surface area contributed by atoms with Crippen LogP contribution in [0, 0.1) is 0 Å². The van der Waals surface area contributed by atoms with Gasteiger partial charge in [0.15, 0.2) is 0 Å². The zero-order valence-electron chi connectivity index (χ0n) is 10.6.